The van der Waals surface area contributed by atoms with Gasteiger partial charge in [-0.05, 0) is 36.8 Å². The topological polar surface area (TPSA) is 111 Å². The molecule has 5 rings (SSSR count). The Morgan fingerprint density at radius 3 is 2.79 bits per heavy atom. The van der Waals surface area contributed by atoms with Gasteiger partial charge < -0.3 is 19.8 Å². The lowest BCUT2D eigenvalue weighted by molar-refractivity contribution is -0.137. The van der Waals surface area contributed by atoms with E-state index in [1.165, 1.54) is 29.3 Å². The molecule has 1 fully saturated rings. The molecule has 2 aliphatic rings. The minimum Gasteiger partial charge on any atom is -0.489 e. The third-order valence-corrected chi connectivity index (χ3v) is 6.63. The van der Waals surface area contributed by atoms with Crippen LogP contribution in [-0.2, 0) is 6.18 Å². The quantitative estimate of drug-likeness (QED) is 0.423. The van der Waals surface area contributed by atoms with Crippen LogP contribution in [0, 0.1) is 0 Å². The number of anilines is 3. The van der Waals surface area contributed by atoms with Gasteiger partial charge in [-0.1, -0.05) is 23.7 Å². The fraction of sp³-hybridized carbons (Fsp3) is 0.320. The van der Waals surface area contributed by atoms with E-state index in [9.17, 15) is 23.1 Å². The molecule has 9 nitrogen and oxygen atoms in total. The van der Waals surface area contributed by atoms with Gasteiger partial charge in [-0.25, -0.2) is 14.8 Å². The van der Waals surface area contributed by atoms with Crippen molar-refractivity contribution < 1.29 is 32.9 Å². The Morgan fingerprint density at radius 1 is 1.26 bits per heavy atom. The summed E-state index contributed by atoms with van der Waals surface area (Å²) in [5.41, 5.74) is 0.119. The molecule has 200 valence electrons. The Bertz CT molecular complexity index is 1340. The molecule has 2 amide bonds. The number of benzene rings is 1. The number of nitrogens with one attached hydrogen (secondary N) is 1. The van der Waals surface area contributed by atoms with Gasteiger partial charge in [-0.3, -0.25) is 10.2 Å². The van der Waals surface area contributed by atoms with E-state index in [0.29, 0.717) is 36.8 Å². The van der Waals surface area contributed by atoms with Gasteiger partial charge in [0, 0.05) is 18.7 Å². The Kier molecular flexibility index (Phi) is 7.03. The zero-order valence-corrected chi connectivity index (χ0v) is 20.6. The van der Waals surface area contributed by atoms with Gasteiger partial charge in [0.25, 0.3) is 0 Å². The van der Waals surface area contributed by atoms with Crippen LogP contribution in [0.25, 0.3) is 11.3 Å². The number of aliphatic hydroxyl groups is 2. The maximum atomic E-state index is 13.4. The monoisotopic (exact) mass is 549 g/mol. The average molecular weight is 550 g/mol. The number of aromatic nitrogens is 2. The molecular weight excluding hydrogens is 527 g/mol. The van der Waals surface area contributed by atoms with Crippen LogP contribution < -0.4 is 19.9 Å². The summed E-state index contributed by atoms with van der Waals surface area (Å²) in [7, 11) is 0. The second-order valence-corrected chi connectivity index (χ2v) is 9.36. The van der Waals surface area contributed by atoms with Crippen molar-refractivity contribution in [2.45, 2.75) is 24.7 Å². The molecule has 0 saturated carbocycles. The molecule has 2 atom stereocenters. The normalized spacial score (nSPS) is 17.3. The Morgan fingerprint density at radius 2 is 2.08 bits per heavy atom. The van der Waals surface area contributed by atoms with Crippen molar-refractivity contribution in [2.24, 2.45) is 0 Å². The van der Waals surface area contributed by atoms with Crippen molar-refractivity contribution >= 4 is 35.0 Å². The van der Waals surface area contributed by atoms with Gasteiger partial charge in [-0.2, -0.15) is 13.2 Å². The lowest BCUT2D eigenvalue weighted by atomic mass is 10.1. The molecule has 2 bridgehead atoms. The minimum absolute atomic E-state index is 0.116. The zero-order chi connectivity index (χ0) is 27.0. The highest BCUT2D eigenvalue weighted by molar-refractivity contribution is 6.33. The summed E-state index contributed by atoms with van der Waals surface area (Å²) in [5.74, 6) is 0.873. The van der Waals surface area contributed by atoms with Crippen LogP contribution in [0.5, 0.6) is 5.75 Å². The fourth-order valence-electron chi connectivity index (χ4n) is 4.49. The second kappa shape index (κ2) is 10.3. The SMILES string of the molecule is O=C(Nc1ccc(OC[C@@H](O)CO)cn1)N1c2nc(-c3cccc(C(F)(F)F)c3)c(Cl)cc2N2CCC1C2. The maximum Gasteiger partial charge on any atom is 0.416 e. The van der Waals surface area contributed by atoms with Crippen molar-refractivity contribution in [1.29, 1.82) is 0 Å². The summed E-state index contributed by atoms with van der Waals surface area (Å²) in [6.45, 7) is 0.683. The van der Waals surface area contributed by atoms with Crippen LogP contribution in [-0.4, -0.2) is 64.7 Å². The molecule has 4 heterocycles. The number of carbonyl (C=O) groups excluding carboxylic acids is 1. The first-order chi connectivity index (χ1) is 18.1. The number of amides is 2. The van der Waals surface area contributed by atoms with Gasteiger partial charge in [0.15, 0.2) is 5.82 Å². The van der Waals surface area contributed by atoms with Gasteiger partial charge in [0.05, 0.1) is 40.8 Å². The third-order valence-electron chi connectivity index (χ3n) is 6.34. The Labute approximate surface area is 220 Å². The number of carbonyl (C=O) groups is 1. The number of nitrogens with zero attached hydrogens (tertiary/aromatic N) is 4. The van der Waals surface area contributed by atoms with Crippen LogP contribution in [0.2, 0.25) is 5.02 Å². The van der Waals surface area contributed by atoms with Crippen molar-refractivity contribution in [3.63, 3.8) is 0 Å². The van der Waals surface area contributed by atoms with Crippen molar-refractivity contribution in [2.75, 3.05) is 41.4 Å². The average Bonchev–Trinajstić information content (AvgIpc) is 3.32. The molecule has 3 aromatic rings. The highest BCUT2D eigenvalue weighted by Crippen LogP contribution is 2.43. The highest BCUT2D eigenvalue weighted by Gasteiger charge is 2.41. The number of pyridine rings is 2. The van der Waals surface area contributed by atoms with E-state index in [2.05, 4.69) is 15.3 Å². The van der Waals surface area contributed by atoms with E-state index >= 15 is 0 Å². The summed E-state index contributed by atoms with van der Waals surface area (Å²) in [5, 5.41) is 21.2. The Hall–Kier alpha value is -3.61. The Balaban J connectivity index is 1.43. The van der Waals surface area contributed by atoms with E-state index < -0.39 is 30.5 Å². The third kappa shape index (κ3) is 5.19. The number of ether oxygens (including phenoxy) is 1. The molecule has 38 heavy (non-hydrogen) atoms. The summed E-state index contributed by atoms with van der Waals surface area (Å²) < 4.78 is 45.2. The van der Waals surface area contributed by atoms with Crippen LogP contribution in [0.3, 0.4) is 0 Å². The molecule has 1 saturated heterocycles. The number of aliphatic hydroxyl groups excluding tert-OH is 2. The van der Waals surface area contributed by atoms with Crippen molar-refractivity contribution in [3.05, 3.63) is 59.2 Å². The predicted molar refractivity (Wildman–Crippen MR) is 135 cm³/mol. The number of alkyl halides is 3. The zero-order valence-electron chi connectivity index (χ0n) is 19.8. The predicted octanol–water partition coefficient (Wildman–Crippen LogP) is 4.18. The van der Waals surface area contributed by atoms with Gasteiger partial charge >= 0.3 is 12.2 Å². The first-order valence-electron chi connectivity index (χ1n) is 11.7. The van der Waals surface area contributed by atoms with E-state index in [1.807, 2.05) is 4.90 Å². The van der Waals surface area contributed by atoms with Crippen LogP contribution >= 0.6 is 11.6 Å². The largest absolute Gasteiger partial charge is 0.489 e. The van der Waals surface area contributed by atoms with E-state index in [-0.39, 0.29) is 34.7 Å². The molecule has 1 unspecified atom stereocenters. The molecule has 2 aromatic heterocycles. The summed E-state index contributed by atoms with van der Waals surface area (Å²) in [4.78, 5) is 25.7. The van der Waals surface area contributed by atoms with Gasteiger partial charge in [-0.15, -0.1) is 0 Å². The van der Waals surface area contributed by atoms with Crippen LogP contribution in [0.4, 0.5) is 35.3 Å². The number of fused-ring (bicyclic) bond motifs is 4. The number of hydrogen-bond donors (Lipinski definition) is 3. The minimum atomic E-state index is -4.53. The van der Waals surface area contributed by atoms with Crippen LogP contribution in [0.1, 0.15) is 12.0 Å². The smallest absolute Gasteiger partial charge is 0.416 e. The molecular formula is C25H23ClF3N5O4. The molecule has 13 heteroatoms. The number of halogens is 4. The molecule has 2 aliphatic heterocycles. The highest BCUT2D eigenvalue weighted by atomic mass is 35.5. The first-order valence-corrected chi connectivity index (χ1v) is 12.1. The van der Waals surface area contributed by atoms with E-state index in [0.717, 1.165) is 12.1 Å². The second-order valence-electron chi connectivity index (χ2n) is 8.96. The number of urea groups is 1. The molecule has 1 aromatic carbocycles. The lowest BCUT2D eigenvalue weighted by Gasteiger charge is -2.36. The molecule has 0 spiro atoms. The summed E-state index contributed by atoms with van der Waals surface area (Å²) in [6.07, 6.45) is -3.51. The number of hydrogen-bond acceptors (Lipinski definition) is 7. The standard InChI is InChI=1S/C25H23ClF3N5O4/c26-19-9-20-23(32-22(19)14-2-1-3-15(8-14)25(27,28)29)34(16-6-7-33(20)11-16)24(37)31-21-5-4-18(10-30-21)38-13-17(36)12-35/h1-5,8-10,16-17,35-36H,6-7,11-13H2,(H,30,31,37)/t16?,17-/m0/s1. The molecule has 0 aliphatic carbocycles. The van der Waals surface area contributed by atoms with Crippen molar-refractivity contribution in [3.8, 4) is 17.0 Å². The van der Waals surface area contributed by atoms with Crippen LogP contribution in [0.15, 0.2) is 48.7 Å². The molecule has 3 N–H and O–H groups in total. The van der Waals surface area contributed by atoms with E-state index in [1.54, 1.807) is 12.1 Å². The van der Waals surface area contributed by atoms with Gasteiger partial charge in [0.1, 0.15) is 24.3 Å². The maximum absolute atomic E-state index is 13.4. The van der Waals surface area contributed by atoms with Crippen molar-refractivity contribution in [1.82, 2.24) is 9.97 Å². The summed E-state index contributed by atoms with van der Waals surface area (Å²) >= 11 is 6.48. The lowest BCUT2D eigenvalue weighted by Crippen LogP contribution is -2.48. The number of rotatable bonds is 6. The van der Waals surface area contributed by atoms with E-state index in [4.69, 9.17) is 21.4 Å². The van der Waals surface area contributed by atoms with Gasteiger partial charge in [0.2, 0.25) is 0 Å². The fourth-order valence-corrected chi connectivity index (χ4v) is 4.74. The first kappa shape index (κ1) is 26.0. The summed E-state index contributed by atoms with van der Waals surface area (Å²) in [6, 6.07) is 8.74. The molecule has 0 radical (unpaired) electrons.